The number of amides is 2. The molecule has 4 nitrogen and oxygen atoms in total. The Kier molecular flexibility index (Phi) is 4.49. The molecular formula is C11H17NO3. The van der Waals surface area contributed by atoms with Crippen LogP contribution in [-0.2, 0) is 14.3 Å². The van der Waals surface area contributed by atoms with Gasteiger partial charge < -0.3 is 4.74 Å². The molecule has 1 aliphatic rings. The SMILES string of the molecule is CCCCOCC(C)N1C(=O)C=CC1=O. The lowest BCUT2D eigenvalue weighted by Gasteiger charge is -2.22. The number of ether oxygens (including phenoxy) is 1. The van der Waals surface area contributed by atoms with E-state index < -0.39 is 0 Å². The molecule has 1 unspecified atom stereocenters. The van der Waals surface area contributed by atoms with Gasteiger partial charge in [-0.25, -0.2) is 0 Å². The van der Waals surface area contributed by atoms with Gasteiger partial charge in [-0.15, -0.1) is 0 Å². The average molecular weight is 211 g/mol. The fraction of sp³-hybridized carbons (Fsp3) is 0.636. The Morgan fingerprint density at radius 1 is 1.33 bits per heavy atom. The maximum atomic E-state index is 11.3. The largest absolute Gasteiger partial charge is 0.379 e. The van der Waals surface area contributed by atoms with Crippen LogP contribution in [0.15, 0.2) is 12.2 Å². The van der Waals surface area contributed by atoms with Crippen molar-refractivity contribution in [2.24, 2.45) is 0 Å². The van der Waals surface area contributed by atoms with Crippen LogP contribution in [0.2, 0.25) is 0 Å². The topological polar surface area (TPSA) is 46.6 Å². The third kappa shape index (κ3) is 3.16. The Labute approximate surface area is 89.9 Å². The molecule has 0 saturated heterocycles. The van der Waals surface area contributed by atoms with Crippen LogP contribution < -0.4 is 0 Å². The van der Waals surface area contributed by atoms with Crippen molar-refractivity contribution in [3.8, 4) is 0 Å². The summed E-state index contributed by atoms with van der Waals surface area (Å²) in [5, 5.41) is 0. The quantitative estimate of drug-likeness (QED) is 0.488. The van der Waals surface area contributed by atoms with Crippen LogP contribution in [0.3, 0.4) is 0 Å². The molecule has 1 rings (SSSR count). The summed E-state index contributed by atoms with van der Waals surface area (Å²) in [6, 6.07) is -0.183. The average Bonchev–Trinajstić information content (AvgIpc) is 2.53. The van der Waals surface area contributed by atoms with E-state index in [0.29, 0.717) is 13.2 Å². The first-order valence-corrected chi connectivity index (χ1v) is 5.29. The summed E-state index contributed by atoms with van der Waals surface area (Å²) in [7, 11) is 0. The number of nitrogens with zero attached hydrogens (tertiary/aromatic N) is 1. The van der Waals surface area contributed by atoms with Gasteiger partial charge in [-0.1, -0.05) is 13.3 Å². The molecule has 2 amide bonds. The van der Waals surface area contributed by atoms with Crippen molar-refractivity contribution >= 4 is 11.8 Å². The second-order valence-electron chi connectivity index (χ2n) is 3.66. The van der Waals surface area contributed by atoms with Gasteiger partial charge in [-0.05, 0) is 13.3 Å². The van der Waals surface area contributed by atoms with Crippen LogP contribution in [-0.4, -0.2) is 36.0 Å². The van der Waals surface area contributed by atoms with Crippen molar-refractivity contribution in [2.45, 2.75) is 32.7 Å². The number of hydrogen-bond acceptors (Lipinski definition) is 3. The molecule has 0 aromatic rings. The molecule has 1 aliphatic heterocycles. The second kappa shape index (κ2) is 5.66. The fourth-order valence-electron chi connectivity index (χ4n) is 1.42. The molecule has 15 heavy (non-hydrogen) atoms. The maximum absolute atomic E-state index is 11.3. The number of carbonyl (C=O) groups excluding carboxylic acids is 2. The molecule has 1 heterocycles. The van der Waals surface area contributed by atoms with Gasteiger partial charge in [-0.3, -0.25) is 14.5 Å². The lowest BCUT2D eigenvalue weighted by Crippen LogP contribution is -2.40. The van der Waals surface area contributed by atoms with Crippen molar-refractivity contribution in [3.63, 3.8) is 0 Å². The molecule has 0 aromatic heterocycles. The van der Waals surface area contributed by atoms with Gasteiger partial charge in [0, 0.05) is 18.8 Å². The third-order valence-electron chi connectivity index (χ3n) is 2.29. The highest BCUT2D eigenvalue weighted by atomic mass is 16.5. The van der Waals surface area contributed by atoms with Crippen LogP contribution in [0.25, 0.3) is 0 Å². The Morgan fingerprint density at radius 2 is 1.93 bits per heavy atom. The van der Waals surface area contributed by atoms with Crippen molar-refractivity contribution in [2.75, 3.05) is 13.2 Å². The minimum absolute atomic E-state index is 0.183. The van der Waals surface area contributed by atoms with E-state index in [1.54, 1.807) is 0 Å². The monoisotopic (exact) mass is 211 g/mol. The first-order valence-electron chi connectivity index (χ1n) is 5.29. The van der Waals surface area contributed by atoms with Gasteiger partial charge >= 0.3 is 0 Å². The van der Waals surface area contributed by atoms with Crippen molar-refractivity contribution in [1.29, 1.82) is 0 Å². The van der Waals surface area contributed by atoms with Gasteiger partial charge in [0.05, 0.1) is 12.6 Å². The summed E-state index contributed by atoms with van der Waals surface area (Å²) < 4.78 is 5.37. The van der Waals surface area contributed by atoms with E-state index in [-0.39, 0.29) is 17.9 Å². The van der Waals surface area contributed by atoms with Gasteiger partial charge in [0.25, 0.3) is 11.8 Å². The van der Waals surface area contributed by atoms with E-state index in [4.69, 9.17) is 4.74 Å². The minimum Gasteiger partial charge on any atom is -0.379 e. The Hall–Kier alpha value is -1.16. The molecule has 84 valence electrons. The predicted molar refractivity (Wildman–Crippen MR) is 56.2 cm³/mol. The number of imide groups is 1. The Balaban J connectivity index is 2.31. The second-order valence-corrected chi connectivity index (χ2v) is 3.66. The van der Waals surface area contributed by atoms with Gasteiger partial charge in [0.1, 0.15) is 0 Å². The van der Waals surface area contributed by atoms with Gasteiger partial charge in [0.15, 0.2) is 0 Å². The van der Waals surface area contributed by atoms with Gasteiger partial charge in [-0.2, -0.15) is 0 Å². The molecule has 0 aliphatic carbocycles. The molecule has 0 saturated carbocycles. The van der Waals surface area contributed by atoms with Gasteiger partial charge in [0.2, 0.25) is 0 Å². The van der Waals surface area contributed by atoms with Crippen molar-refractivity contribution < 1.29 is 14.3 Å². The molecule has 0 radical (unpaired) electrons. The zero-order valence-corrected chi connectivity index (χ0v) is 9.23. The summed E-state index contributed by atoms with van der Waals surface area (Å²) >= 11 is 0. The lowest BCUT2D eigenvalue weighted by atomic mass is 10.3. The first kappa shape index (κ1) is 11.9. The van der Waals surface area contributed by atoms with E-state index in [9.17, 15) is 9.59 Å². The molecule has 0 spiro atoms. The molecule has 1 atom stereocenters. The normalized spacial score (nSPS) is 17.6. The van der Waals surface area contributed by atoms with Crippen LogP contribution in [0.1, 0.15) is 26.7 Å². The molecule has 0 fully saturated rings. The molecule has 0 N–H and O–H groups in total. The highest BCUT2D eigenvalue weighted by Crippen LogP contribution is 2.09. The number of hydrogen-bond donors (Lipinski definition) is 0. The first-order chi connectivity index (χ1) is 7.16. The maximum Gasteiger partial charge on any atom is 0.253 e. The summed E-state index contributed by atoms with van der Waals surface area (Å²) in [6.07, 6.45) is 4.68. The summed E-state index contributed by atoms with van der Waals surface area (Å²) in [5.41, 5.74) is 0. The van der Waals surface area contributed by atoms with Crippen LogP contribution in [0.4, 0.5) is 0 Å². The van der Waals surface area contributed by atoms with E-state index in [1.807, 2.05) is 6.92 Å². The Morgan fingerprint density at radius 3 is 2.47 bits per heavy atom. The van der Waals surface area contributed by atoms with E-state index in [1.165, 1.54) is 17.1 Å². The van der Waals surface area contributed by atoms with Crippen molar-refractivity contribution in [1.82, 2.24) is 4.90 Å². The van der Waals surface area contributed by atoms with Crippen molar-refractivity contribution in [3.05, 3.63) is 12.2 Å². The molecule has 0 aromatic carbocycles. The van der Waals surface area contributed by atoms with Crippen LogP contribution in [0, 0.1) is 0 Å². The van der Waals surface area contributed by atoms with E-state index in [0.717, 1.165) is 12.8 Å². The smallest absolute Gasteiger partial charge is 0.253 e. The highest BCUT2D eigenvalue weighted by molar-refractivity contribution is 6.13. The lowest BCUT2D eigenvalue weighted by molar-refractivity contribution is -0.140. The Bertz CT molecular complexity index is 255. The van der Waals surface area contributed by atoms with Crippen LogP contribution in [0.5, 0.6) is 0 Å². The third-order valence-corrected chi connectivity index (χ3v) is 2.29. The molecule has 4 heteroatoms. The standard InChI is InChI=1S/C11H17NO3/c1-3-4-7-15-8-9(2)12-10(13)5-6-11(12)14/h5-6,9H,3-4,7-8H2,1-2H3. The summed E-state index contributed by atoms with van der Waals surface area (Å²) in [6.45, 7) is 5.00. The zero-order chi connectivity index (χ0) is 11.3. The number of unbranched alkanes of at least 4 members (excludes halogenated alkanes) is 1. The fourth-order valence-corrected chi connectivity index (χ4v) is 1.42. The van der Waals surface area contributed by atoms with Crippen LogP contribution >= 0.6 is 0 Å². The van der Waals surface area contributed by atoms with E-state index >= 15 is 0 Å². The number of carbonyl (C=O) groups is 2. The predicted octanol–water partition coefficient (Wildman–Crippen LogP) is 1.12. The molecular weight excluding hydrogens is 194 g/mol. The minimum atomic E-state index is -0.244. The highest BCUT2D eigenvalue weighted by Gasteiger charge is 2.28. The number of rotatable bonds is 6. The summed E-state index contributed by atoms with van der Waals surface area (Å²) in [5.74, 6) is -0.488. The zero-order valence-electron chi connectivity index (χ0n) is 9.23. The summed E-state index contributed by atoms with van der Waals surface area (Å²) in [4.78, 5) is 23.8. The molecule has 0 bridgehead atoms. The van der Waals surface area contributed by atoms with E-state index in [2.05, 4.69) is 6.92 Å².